The van der Waals surface area contributed by atoms with Crippen LogP contribution in [0.1, 0.15) is 10.4 Å². The second-order valence-electron chi connectivity index (χ2n) is 2.52. The third-order valence-electron chi connectivity index (χ3n) is 1.55. The minimum Gasteiger partial charge on any atom is -0.461 e. The zero-order chi connectivity index (χ0) is 10.2. The first kappa shape index (κ1) is 11.4. The zero-order valence-electron chi connectivity index (χ0n) is 7.61. The molecule has 0 spiro atoms. The number of rotatable bonds is 5. The quantitative estimate of drug-likeness (QED) is 0.442. The molecule has 0 unspecified atom stereocenters. The smallest absolute Gasteiger partial charge is 0.338 e. The highest BCUT2D eigenvalue weighted by atomic mass is 35.5. The van der Waals surface area contributed by atoms with E-state index in [2.05, 4.69) is 0 Å². The van der Waals surface area contributed by atoms with E-state index in [-0.39, 0.29) is 5.97 Å². The Morgan fingerprint density at radius 1 is 1.36 bits per heavy atom. The number of halogens is 1. The van der Waals surface area contributed by atoms with Gasteiger partial charge in [-0.2, -0.15) is 0 Å². The van der Waals surface area contributed by atoms with Crippen LogP contribution in [-0.2, 0) is 4.74 Å². The van der Waals surface area contributed by atoms with Gasteiger partial charge >= 0.3 is 5.97 Å². The largest absolute Gasteiger partial charge is 0.461 e. The van der Waals surface area contributed by atoms with E-state index in [1.54, 1.807) is 12.1 Å². The molecule has 0 atom stereocenters. The fourth-order valence-electron chi connectivity index (χ4n) is 0.905. The van der Waals surface area contributed by atoms with E-state index >= 15 is 0 Å². The minimum absolute atomic E-state index is 0.277. The molecule has 0 amide bonds. The molecule has 1 rings (SSSR count). The third kappa shape index (κ3) is 4.03. The molecule has 0 aromatic heterocycles. The van der Waals surface area contributed by atoms with Crippen LogP contribution in [0, 0.1) is 0 Å². The van der Waals surface area contributed by atoms with Crippen LogP contribution < -0.4 is 0 Å². The Labute approximate surface area is 92.6 Å². The minimum atomic E-state index is -0.277. The molecule has 0 fully saturated rings. The van der Waals surface area contributed by atoms with Crippen molar-refractivity contribution in [3.05, 3.63) is 35.9 Å². The van der Waals surface area contributed by atoms with Crippen molar-refractivity contribution in [2.75, 3.05) is 17.6 Å². The first-order valence-corrected chi connectivity index (χ1v) is 5.89. The van der Waals surface area contributed by atoms with Crippen molar-refractivity contribution in [3.63, 3.8) is 0 Å². The SMILES string of the molecule is O=C(OCCSCCl)c1ccccc1. The fourth-order valence-corrected chi connectivity index (χ4v) is 1.54. The third-order valence-corrected chi connectivity index (χ3v) is 2.62. The van der Waals surface area contributed by atoms with Crippen LogP contribution in [0.5, 0.6) is 0 Å². The van der Waals surface area contributed by atoms with Gasteiger partial charge in [0.2, 0.25) is 0 Å². The fraction of sp³-hybridized carbons (Fsp3) is 0.300. The average molecular weight is 231 g/mol. The highest BCUT2D eigenvalue weighted by Crippen LogP contribution is 2.04. The predicted molar refractivity (Wildman–Crippen MR) is 59.9 cm³/mol. The number of carbonyl (C=O) groups is 1. The Hall–Kier alpha value is -0.670. The second-order valence-corrected chi connectivity index (χ2v) is 4.21. The molecule has 0 saturated carbocycles. The van der Waals surface area contributed by atoms with Crippen LogP contribution in [0.25, 0.3) is 0 Å². The number of ether oxygens (including phenoxy) is 1. The van der Waals surface area contributed by atoms with Crippen LogP contribution in [0.3, 0.4) is 0 Å². The first-order chi connectivity index (χ1) is 6.84. The summed E-state index contributed by atoms with van der Waals surface area (Å²) in [4.78, 5) is 11.3. The number of alkyl halides is 1. The summed E-state index contributed by atoms with van der Waals surface area (Å²) < 4.78 is 5.01. The Morgan fingerprint density at radius 3 is 2.71 bits per heavy atom. The van der Waals surface area contributed by atoms with E-state index in [0.717, 1.165) is 5.75 Å². The van der Waals surface area contributed by atoms with E-state index in [0.29, 0.717) is 17.4 Å². The van der Waals surface area contributed by atoms with Crippen molar-refractivity contribution in [2.24, 2.45) is 0 Å². The number of hydrogen-bond acceptors (Lipinski definition) is 3. The van der Waals surface area contributed by atoms with Crippen molar-refractivity contribution in [2.45, 2.75) is 0 Å². The molecule has 0 radical (unpaired) electrons. The van der Waals surface area contributed by atoms with Crippen LogP contribution in [0.2, 0.25) is 0 Å². The number of esters is 1. The standard InChI is InChI=1S/C10H11ClO2S/c11-8-14-7-6-13-10(12)9-4-2-1-3-5-9/h1-5H,6-8H2. The van der Waals surface area contributed by atoms with Crippen LogP contribution in [-0.4, -0.2) is 23.5 Å². The summed E-state index contributed by atoms with van der Waals surface area (Å²) in [6, 6.07) is 8.95. The zero-order valence-corrected chi connectivity index (χ0v) is 9.18. The van der Waals surface area contributed by atoms with Gasteiger partial charge in [-0.25, -0.2) is 4.79 Å². The number of hydrogen-bond donors (Lipinski definition) is 0. The predicted octanol–water partition coefficient (Wildman–Crippen LogP) is 2.77. The van der Waals surface area contributed by atoms with Gasteiger partial charge in [0, 0.05) is 5.75 Å². The molecule has 0 aliphatic rings. The van der Waals surface area contributed by atoms with Gasteiger partial charge < -0.3 is 4.74 Å². The van der Waals surface area contributed by atoms with E-state index in [9.17, 15) is 4.79 Å². The van der Waals surface area contributed by atoms with Gasteiger partial charge in [0.15, 0.2) is 0 Å². The lowest BCUT2D eigenvalue weighted by Crippen LogP contribution is -2.07. The Kier molecular flexibility index (Phi) is 5.49. The van der Waals surface area contributed by atoms with Crippen molar-refractivity contribution >= 4 is 29.3 Å². The highest BCUT2D eigenvalue weighted by molar-refractivity contribution is 8.00. The molecule has 0 heterocycles. The summed E-state index contributed by atoms with van der Waals surface area (Å²) in [6.45, 7) is 0.408. The normalized spacial score (nSPS) is 9.79. The summed E-state index contributed by atoms with van der Waals surface area (Å²) >= 11 is 6.99. The van der Waals surface area contributed by atoms with Gasteiger partial charge in [0.05, 0.1) is 10.8 Å². The van der Waals surface area contributed by atoms with Gasteiger partial charge in [-0.3, -0.25) is 0 Å². The highest BCUT2D eigenvalue weighted by Gasteiger charge is 2.04. The van der Waals surface area contributed by atoms with E-state index in [1.807, 2.05) is 18.2 Å². The van der Waals surface area contributed by atoms with Crippen molar-refractivity contribution in [3.8, 4) is 0 Å². The number of thioether (sulfide) groups is 1. The Bertz CT molecular complexity index is 277. The molecular weight excluding hydrogens is 220 g/mol. The van der Waals surface area contributed by atoms with Crippen LogP contribution in [0.15, 0.2) is 30.3 Å². The molecule has 0 saturated heterocycles. The van der Waals surface area contributed by atoms with Gasteiger partial charge in [0.1, 0.15) is 6.61 Å². The lowest BCUT2D eigenvalue weighted by atomic mass is 10.2. The summed E-state index contributed by atoms with van der Waals surface area (Å²) in [7, 11) is 0. The Balaban J connectivity index is 2.29. The molecule has 76 valence electrons. The number of carbonyl (C=O) groups excluding carboxylic acids is 1. The molecule has 1 aromatic rings. The summed E-state index contributed by atoms with van der Waals surface area (Å²) in [5, 5.41) is 0.531. The van der Waals surface area contributed by atoms with Gasteiger partial charge in [-0.1, -0.05) is 18.2 Å². The number of benzene rings is 1. The topological polar surface area (TPSA) is 26.3 Å². The van der Waals surface area contributed by atoms with Crippen molar-refractivity contribution < 1.29 is 9.53 Å². The van der Waals surface area contributed by atoms with Gasteiger partial charge in [0.25, 0.3) is 0 Å². The molecule has 0 aliphatic heterocycles. The lowest BCUT2D eigenvalue weighted by Gasteiger charge is -2.03. The maximum Gasteiger partial charge on any atom is 0.338 e. The molecular formula is C10H11ClO2S. The lowest BCUT2D eigenvalue weighted by molar-refractivity contribution is 0.0530. The molecule has 4 heteroatoms. The van der Waals surface area contributed by atoms with Gasteiger partial charge in [-0.15, -0.1) is 23.4 Å². The summed E-state index contributed by atoms with van der Waals surface area (Å²) in [5.74, 6) is 0.461. The molecule has 0 aliphatic carbocycles. The maximum atomic E-state index is 11.3. The molecule has 2 nitrogen and oxygen atoms in total. The molecule has 1 aromatic carbocycles. The second kappa shape index (κ2) is 6.74. The summed E-state index contributed by atoms with van der Waals surface area (Å²) in [5.41, 5.74) is 0.586. The monoisotopic (exact) mass is 230 g/mol. The van der Waals surface area contributed by atoms with E-state index in [1.165, 1.54) is 11.8 Å². The molecule has 14 heavy (non-hydrogen) atoms. The molecule has 0 bridgehead atoms. The average Bonchev–Trinajstić information content (AvgIpc) is 2.25. The van der Waals surface area contributed by atoms with Crippen molar-refractivity contribution in [1.29, 1.82) is 0 Å². The molecule has 0 N–H and O–H groups in total. The van der Waals surface area contributed by atoms with Crippen LogP contribution in [0.4, 0.5) is 0 Å². The maximum absolute atomic E-state index is 11.3. The summed E-state index contributed by atoms with van der Waals surface area (Å²) in [6.07, 6.45) is 0. The Morgan fingerprint density at radius 2 is 2.07 bits per heavy atom. The van der Waals surface area contributed by atoms with E-state index < -0.39 is 0 Å². The first-order valence-electron chi connectivity index (χ1n) is 4.20. The van der Waals surface area contributed by atoms with Crippen LogP contribution >= 0.6 is 23.4 Å². The van der Waals surface area contributed by atoms with E-state index in [4.69, 9.17) is 16.3 Å². The van der Waals surface area contributed by atoms with Crippen molar-refractivity contribution in [1.82, 2.24) is 0 Å². The van der Waals surface area contributed by atoms with Gasteiger partial charge in [-0.05, 0) is 12.1 Å².